The Morgan fingerprint density at radius 1 is 1.00 bits per heavy atom. The molecule has 4 aliphatic carbocycles. The summed E-state index contributed by atoms with van der Waals surface area (Å²) in [6.45, 7) is 14.8. The fourth-order valence-electron chi connectivity index (χ4n) is 8.68. The van der Waals surface area contributed by atoms with Gasteiger partial charge in [-0.3, -0.25) is 0 Å². The van der Waals surface area contributed by atoms with Gasteiger partial charge in [0.1, 0.15) is 0 Å². The lowest BCUT2D eigenvalue weighted by molar-refractivity contribution is -0.0414. The summed E-state index contributed by atoms with van der Waals surface area (Å²) in [6.07, 6.45) is 19.2. The molecule has 9 atom stereocenters. The zero-order valence-electron chi connectivity index (χ0n) is 20.7. The first-order valence-electron chi connectivity index (χ1n) is 13.3. The zero-order chi connectivity index (χ0) is 21.7. The normalized spacial score (nSPS) is 45.6. The van der Waals surface area contributed by atoms with Crippen molar-refractivity contribution in [1.29, 1.82) is 0 Å². The Bertz CT molecular complexity index is 674. The minimum absolute atomic E-state index is 0.0480. The van der Waals surface area contributed by atoms with Gasteiger partial charge in [-0.2, -0.15) is 0 Å². The second kappa shape index (κ2) is 8.42. The third-order valence-electron chi connectivity index (χ3n) is 10.7. The summed E-state index contributed by atoms with van der Waals surface area (Å²) in [6, 6.07) is 0. The van der Waals surface area contributed by atoms with E-state index in [0.29, 0.717) is 22.7 Å². The summed E-state index contributed by atoms with van der Waals surface area (Å²) in [5.41, 5.74) is 2.79. The van der Waals surface area contributed by atoms with Crippen LogP contribution in [0.2, 0.25) is 0 Å². The van der Waals surface area contributed by atoms with Crippen molar-refractivity contribution in [2.24, 2.45) is 52.3 Å². The van der Waals surface area contributed by atoms with E-state index in [9.17, 15) is 5.11 Å². The maximum absolute atomic E-state index is 10.3. The second-order valence-corrected chi connectivity index (χ2v) is 12.5. The van der Waals surface area contributed by atoms with Crippen LogP contribution in [0, 0.1) is 52.3 Å². The van der Waals surface area contributed by atoms with Crippen molar-refractivity contribution in [2.75, 3.05) is 0 Å². The number of hydrogen-bond acceptors (Lipinski definition) is 1. The van der Waals surface area contributed by atoms with Crippen LogP contribution in [0.15, 0.2) is 23.8 Å². The number of hydrogen-bond donors (Lipinski definition) is 1. The van der Waals surface area contributed by atoms with E-state index < -0.39 is 0 Å². The Kier molecular flexibility index (Phi) is 6.35. The van der Waals surface area contributed by atoms with E-state index in [1.165, 1.54) is 44.9 Å². The molecule has 0 saturated heterocycles. The molecule has 1 nitrogen and oxygen atoms in total. The quantitative estimate of drug-likeness (QED) is 0.457. The lowest BCUT2D eigenvalue weighted by atomic mass is 9.47. The minimum atomic E-state index is -0.0480. The largest absolute Gasteiger partial charge is 0.393 e. The van der Waals surface area contributed by atoms with E-state index in [1.54, 1.807) is 0 Å². The van der Waals surface area contributed by atoms with Crippen molar-refractivity contribution >= 4 is 0 Å². The lowest BCUT2D eigenvalue weighted by Gasteiger charge is -2.57. The summed E-state index contributed by atoms with van der Waals surface area (Å²) in [4.78, 5) is 0. The van der Waals surface area contributed by atoms with Crippen LogP contribution < -0.4 is 0 Å². The van der Waals surface area contributed by atoms with Gasteiger partial charge in [0.25, 0.3) is 0 Å². The molecule has 0 heterocycles. The van der Waals surface area contributed by atoms with Gasteiger partial charge in [0, 0.05) is 0 Å². The van der Waals surface area contributed by atoms with Crippen molar-refractivity contribution < 1.29 is 5.11 Å². The van der Waals surface area contributed by atoms with Crippen LogP contribution in [0.3, 0.4) is 0 Å². The molecule has 0 aliphatic heterocycles. The fraction of sp³-hybridized carbons (Fsp3) is 0.862. The maximum atomic E-state index is 10.3. The average Bonchev–Trinajstić information content (AvgIpc) is 3.06. The van der Waals surface area contributed by atoms with Crippen LogP contribution in [-0.2, 0) is 0 Å². The number of rotatable bonds is 5. The molecular formula is C29H48O. The van der Waals surface area contributed by atoms with Crippen LogP contribution in [0.1, 0.15) is 99.3 Å². The van der Waals surface area contributed by atoms with E-state index >= 15 is 0 Å². The smallest absolute Gasteiger partial charge is 0.0543 e. The Hall–Kier alpha value is -0.560. The predicted molar refractivity (Wildman–Crippen MR) is 128 cm³/mol. The molecule has 0 bridgehead atoms. The SMILES string of the molecule is CC[C@H](C=C[C@@H](C)[C@H]1CC[C@H]2C3=CC[C@H]4C[C@@H](O)CC[C@]4(C)[C@H]3CC[C@]12C)C(C)C. The highest BCUT2D eigenvalue weighted by molar-refractivity contribution is 5.28. The highest BCUT2D eigenvalue weighted by atomic mass is 16.3. The molecule has 4 rings (SSSR count). The van der Waals surface area contributed by atoms with Gasteiger partial charge in [-0.15, -0.1) is 0 Å². The molecule has 3 fully saturated rings. The standard InChI is InChI=1S/C29H48O/c1-7-21(19(2)3)9-8-20(4)25-12-13-26-24-11-10-22-18-23(30)14-16-28(22,5)27(24)15-17-29(25,26)6/h8-9,11,19-23,25-27,30H,7,10,12-18H2,1-6H3/t20-,21-,22+,23+,25-,26+,27+,28+,29-/m1/s1. The molecule has 0 aromatic rings. The minimum Gasteiger partial charge on any atom is -0.393 e. The van der Waals surface area contributed by atoms with Gasteiger partial charge in [0.15, 0.2) is 0 Å². The Labute approximate surface area is 186 Å². The van der Waals surface area contributed by atoms with Crippen LogP contribution in [0.4, 0.5) is 0 Å². The first kappa shape index (κ1) is 22.6. The summed E-state index contributed by atoms with van der Waals surface area (Å²) < 4.78 is 0. The molecule has 3 saturated carbocycles. The third kappa shape index (κ3) is 3.66. The van der Waals surface area contributed by atoms with Gasteiger partial charge in [0.2, 0.25) is 0 Å². The van der Waals surface area contributed by atoms with Gasteiger partial charge in [0.05, 0.1) is 6.10 Å². The van der Waals surface area contributed by atoms with E-state index in [-0.39, 0.29) is 6.10 Å². The summed E-state index contributed by atoms with van der Waals surface area (Å²) in [5.74, 6) is 5.32. The molecule has 1 heteroatoms. The molecule has 4 aliphatic rings. The predicted octanol–water partition coefficient (Wildman–Crippen LogP) is 7.80. The molecule has 30 heavy (non-hydrogen) atoms. The van der Waals surface area contributed by atoms with Crippen molar-refractivity contribution in [3.8, 4) is 0 Å². The van der Waals surface area contributed by atoms with Crippen molar-refractivity contribution in [1.82, 2.24) is 0 Å². The van der Waals surface area contributed by atoms with Crippen LogP contribution >= 0.6 is 0 Å². The topological polar surface area (TPSA) is 20.2 Å². The highest BCUT2D eigenvalue weighted by Gasteiger charge is 2.57. The molecule has 170 valence electrons. The van der Waals surface area contributed by atoms with Gasteiger partial charge in [-0.1, -0.05) is 65.3 Å². The molecule has 0 unspecified atom stereocenters. The number of allylic oxidation sites excluding steroid dienone is 4. The lowest BCUT2D eigenvalue weighted by Crippen LogP contribution is -2.49. The zero-order valence-corrected chi connectivity index (χ0v) is 20.7. The fourth-order valence-corrected chi connectivity index (χ4v) is 8.68. The first-order valence-corrected chi connectivity index (χ1v) is 13.3. The third-order valence-corrected chi connectivity index (χ3v) is 10.7. The monoisotopic (exact) mass is 412 g/mol. The van der Waals surface area contributed by atoms with E-state index in [0.717, 1.165) is 42.4 Å². The molecule has 0 aromatic carbocycles. The van der Waals surface area contributed by atoms with Gasteiger partial charge in [-0.05, 0) is 110 Å². The van der Waals surface area contributed by atoms with E-state index in [4.69, 9.17) is 0 Å². The molecule has 0 amide bonds. The molecule has 1 N–H and O–H groups in total. The van der Waals surface area contributed by atoms with Crippen molar-refractivity contribution in [3.63, 3.8) is 0 Å². The molecule has 0 radical (unpaired) electrons. The average molecular weight is 413 g/mol. The number of aliphatic hydroxyl groups excluding tert-OH is 1. The maximum Gasteiger partial charge on any atom is 0.0543 e. The Morgan fingerprint density at radius 3 is 2.40 bits per heavy atom. The molecule has 0 aromatic heterocycles. The van der Waals surface area contributed by atoms with Crippen LogP contribution in [0.5, 0.6) is 0 Å². The number of fused-ring (bicyclic) bond motifs is 5. The van der Waals surface area contributed by atoms with E-state index in [2.05, 4.69) is 59.8 Å². The van der Waals surface area contributed by atoms with E-state index in [1.807, 2.05) is 5.57 Å². The first-order chi connectivity index (χ1) is 14.2. The van der Waals surface area contributed by atoms with Crippen LogP contribution in [0.25, 0.3) is 0 Å². The summed E-state index contributed by atoms with van der Waals surface area (Å²) in [5, 5.41) is 10.3. The van der Waals surface area contributed by atoms with Gasteiger partial charge < -0.3 is 5.11 Å². The van der Waals surface area contributed by atoms with Gasteiger partial charge in [-0.25, -0.2) is 0 Å². The summed E-state index contributed by atoms with van der Waals surface area (Å²) in [7, 11) is 0. The molecule has 0 spiro atoms. The summed E-state index contributed by atoms with van der Waals surface area (Å²) >= 11 is 0. The van der Waals surface area contributed by atoms with Crippen LogP contribution in [-0.4, -0.2) is 11.2 Å². The van der Waals surface area contributed by atoms with Gasteiger partial charge >= 0.3 is 0 Å². The molecular weight excluding hydrogens is 364 g/mol. The van der Waals surface area contributed by atoms with Crippen molar-refractivity contribution in [2.45, 2.75) is 105 Å². The van der Waals surface area contributed by atoms with Crippen molar-refractivity contribution in [3.05, 3.63) is 23.8 Å². The number of aliphatic hydroxyl groups is 1. The Balaban J connectivity index is 1.53. The Morgan fingerprint density at radius 2 is 1.70 bits per heavy atom. The second-order valence-electron chi connectivity index (χ2n) is 12.5. The highest BCUT2D eigenvalue weighted by Crippen LogP contribution is 2.66.